The van der Waals surface area contributed by atoms with Crippen LogP contribution in [0.4, 0.5) is 5.69 Å². The van der Waals surface area contributed by atoms with Crippen molar-refractivity contribution in [2.24, 2.45) is 0 Å². The monoisotopic (exact) mass is 476 g/mol. The molecule has 1 saturated heterocycles. The summed E-state index contributed by atoms with van der Waals surface area (Å²) in [5.74, 6) is -0.127. The fourth-order valence-electron chi connectivity index (χ4n) is 3.31. The summed E-state index contributed by atoms with van der Waals surface area (Å²) in [6.07, 6.45) is 1.59. The van der Waals surface area contributed by atoms with Gasteiger partial charge in [-0.3, -0.25) is 14.9 Å². The van der Waals surface area contributed by atoms with Gasteiger partial charge in [0.05, 0.1) is 19.9 Å². The molecule has 0 spiro atoms. The molecule has 3 aromatic rings. The number of rotatable bonds is 6. The number of thiocarbonyl (C=S) groups is 1. The quantitative estimate of drug-likeness (QED) is 0.316. The van der Waals surface area contributed by atoms with Gasteiger partial charge < -0.3 is 9.47 Å². The second-order valence-corrected chi connectivity index (χ2v) is 8.45. The Labute approximate surface area is 201 Å². The van der Waals surface area contributed by atoms with Gasteiger partial charge in [-0.05, 0) is 54.2 Å². The summed E-state index contributed by atoms with van der Waals surface area (Å²) in [5, 5.41) is 2.60. The predicted molar refractivity (Wildman–Crippen MR) is 133 cm³/mol. The SMILES string of the molecule is COc1ccc(N2C(=O)/C(=C\c3ccccc3Sc3ccccc3)C(=O)NC2=S)c(OC)c1. The highest BCUT2D eigenvalue weighted by atomic mass is 32.2. The first kappa shape index (κ1) is 22.6. The molecule has 4 rings (SSSR count). The van der Waals surface area contributed by atoms with Crippen LogP contribution in [-0.2, 0) is 9.59 Å². The molecule has 0 bridgehead atoms. The molecule has 0 aromatic heterocycles. The average Bonchev–Trinajstić information content (AvgIpc) is 2.83. The van der Waals surface area contributed by atoms with Gasteiger partial charge in [-0.2, -0.15) is 0 Å². The van der Waals surface area contributed by atoms with Crippen LogP contribution in [0.25, 0.3) is 6.08 Å². The van der Waals surface area contributed by atoms with Gasteiger partial charge in [0.2, 0.25) is 0 Å². The number of hydrogen-bond acceptors (Lipinski definition) is 6. The first-order valence-electron chi connectivity index (χ1n) is 9.97. The zero-order chi connectivity index (χ0) is 23.4. The molecular formula is C25H20N2O4S2. The lowest BCUT2D eigenvalue weighted by atomic mass is 10.1. The number of carbonyl (C=O) groups is 2. The minimum absolute atomic E-state index is 0.0161. The fraction of sp³-hybridized carbons (Fsp3) is 0.0800. The third-order valence-electron chi connectivity index (χ3n) is 4.92. The van der Waals surface area contributed by atoms with Crippen molar-refractivity contribution in [2.75, 3.05) is 19.1 Å². The summed E-state index contributed by atoms with van der Waals surface area (Å²) in [6.45, 7) is 0. The third kappa shape index (κ3) is 4.76. The van der Waals surface area contributed by atoms with E-state index in [-0.39, 0.29) is 10.7 Å². The summed E-state index contributed by atoms with van der Waals surface area (Å²) < 4.78 is 10.7. The minimum atomic E-state index is -0.548. The van der Waals surface area contributed by atoms with Gasteiger partial charge in [-0.15, -0.1) is 0 Å². The van der Waals surface area contributed by atoms with Crippen molar-refractivity contribution in [1.29, 1.82) is 0 Å². The summed E-state index contributed by atoms with van der Waals surface area (Å²) >= 11 is 6.87. The molecule has 0 saturated carbocycles. The molecule has 0 aliphatic carbocycles. The Morgan fingerprint density at radius 3 is 2.39 bits per heavy atom. The van der Waals surface area contributed by atoms with E-state index in [4.69, 9.17) is 21.7 Å². The van der Waals surface area contributed by atoms with Crippen molar-refractivity contribution in [3.8, 4) is 11.5 Å². The maximum absolute atomic E-state index is 13.5. The van der Waals surface area contributed by atoms with Gasteiger partial charge in [-0.1, -0.05) is 48.2 Å². The van der Waals surface area contributed by atoms with Gasteiger partial charge in [0.25, 0.3) is 11.8 Å². The van der Waals surface area contributed by atoms with Crippen LogP contribution in [0, 0.1) is 0 Å². The Hall–Kier alpha value is -3.62. The van der Waals surface area contributed by atoms with Crippen LogP contribution in [0.3, 0.4) is 0 Å². The van der Waals surface area contributed by atoms with Crippen LogP contribution in [0.2, 0.25) is 0 Å². The second-order valence-electron chi connectivity index (χ2n) is 6.95. The van der Waals surface area contributed by atoms with Gasteiger partial charge >= 0.3 is 0 Å². The molecule has 8 heteroatoms. The molecule has 6 nitrogen and oxygen atoms in total. The number of anilines is 1. The normalized spacial score (nSPS) is 14.9. The Balaban J connectivity index is 1.73. The molecule has 0 radical (unpaired) electrons. The largest absolute Gasteiger partial charge is 0.497 e. The summed E-state index contributed by atoms with van der Waals surface area (Å²) in [4.78, 5) is 29.4. The zero-order valence-corrected chi connectivity index (χ0v) is 19.5. The predicted octanol–water partition coefficient (Wildman–Crippen LogP) is 4.69. The van der Waals surface area contributed by atoms with Crippen LogP contribution < -0.4 is 19.7 Å². The van der Waals surface area contributed by atoms with Gasteiger partial charge in [0, 0.05) is 15.9 Å². The van der Waals surface area contributed by atoms with Crippen LogP contribution in [0.15, 0.2) is 88.2 Å². The number of nitrogens with one attached hydrogen (secondary N) is 1. The summed E-state index contributed by atoms with van der Waals surface area (Å²) in [5.41, 5.74) is 1.13. The van der Waals surface area contributed by atoms with E-state index in [2.05, 4.69) is 5.32 Å². The van der Waals surface area contributed by atoms with Crippen molar-refractivity contribution in [2.45, 2.75) is 9.79 Å². The van der Waals surface area contributed by atoms with E-state index in [1.165, 1.54) is 19.1 Å². The van der Waals surface area contributed by atoms with Crippen molar-refractivity contribution in [3.05, 3.63) is 83.9 Å². The lowest BCUT2D eigenvalue weighted by molar-refractivity contribution is -0.122. The highest BCUT2D eigenvalue weighted by Crippen LogP contribution is 2.35. The molecular weight excluding hydrogens is 456 g/mol. The first-order chi connectivity index (χ1) is 16.0. The van der Waals surface area contributed by atoms with E-state index in [0.717, 1.165) is 15.4 Å². The topological polar surface area (TPSA) is 67.9 Å². The highest BCUT2D eigenvalue weighted by Gasteiger charge is 2.36. The average molecular weight is 477 g/mol. The molecule has 2 amide bonds. The van der Waals surface area contributed by atoms with E-state index in [0.29, 0.717) is 17.2 Å². The number of amides is 2. The van der Waals surface area contributed by atoms with E-state index in [1.54, 1.807) is 36.0 Å². The van der Waals surface area contributed by atoms with Crippen molar-refractivity contribution >= 4 is 52.7 Å². The van der Waals surface area contributed by atoms with Crippen LogP contribution in [-0.4, -0.2) is 31.1 Å². The van der Waals surface area contributed by atoms with Crippen molar-refractivity contribution in [1.82, 2.24) is 5.32 Å². The number of ether oxygens (including phenoxy) is 2. The molecule has 1 fully saturated rings. The molecule has 1 aliphatic rings. The van der Waals surface area contributed by atoms with Gasteiger partial charge in [0.15, 0.2) is 5.11 Å². The maximum atomic E-state index is 13.5. The molecule has 33 heavy (non-hydrogen) atoms. The molecule has 3 aromatic carbocycles. The van der Waals surface area contributed by atoms with Crippen LogP contribution in [0.5, 0.6) is 11.5 Å². The summed E-state index contributed by atoms with van der Waals surface area (Å²) in [6, 6.07) is 22.5. The van der Waals surface area contributed by atoms with Crippen molar-refractivity contribution < 1.29 is 19.1 Å². The Kier molecular flexibility index (Phi) is 6.76. The lowest BCUT2D eigenvalue weighted by Crippen LogP contribution is -2.54. The highest BCUT2D eigenvalue weighted by molar-refractivity contribution is 7.99. The Bertz CT molecular complexity index is 1260. The van der Waals surface area contributed by atoms with E-state index in [1.807, 2.05) is 54.6 Å². The second kappa shape index (κ2) is 9.89. The van der Waals surface area contributed by atoms with Gasteiger partial charge in [-0.25, -0.2) is 4.90 Å². The number of benzene rings is 3. The molecule has 1 aliphatic heterocycles. The van der Waals surface area contributed by atoms with E-state index in [9.17, 15) is 9.59 Å². The maximum Gasteiger partial charge on any atom is 0.270 e. The van der Waals surface area contributed by atoms with Crippen LogP contribution in [0.1, 0.15) is 5.56 Å². The number of methoxy groups -OCH3 is 2. The zero-order valence-electron chi connectivity index (χ0n) is 17.9. The lowest BCUT2D eigenvalue weighted by Gasteiger charge is -2.30. The molecule has 0 unspecified atom stereocenters. The Morgan fingerprint density at radius 1 is 0.939 bits per heavy atom. The number of nitrogens with zero attached hydrogens (tertiary/aromatic N) is 1. The first-order valence-corrected chi connectivity index (χ1v) is 11.2. The van der Waals surface area contributed by atoms with E-state index >= 15 is 0 Å². The van der Waals surface area contributed by atoms with E-state index < -0.39 is 11.8 Å². The molecule has 0 atom stereocenters. The number of hydrogen-bond donors (Lipinski definition) is 1. The third-order valence-corrected chi connectivity index (χ3v) is 6.30. The molecule has 1 N–H and O–H groups in total. The number of carbonyl (C=O) groups excluding carboxylic acids is 2. The molecule has 166 valence electrons. The Morgan fingerprint density at radius 2 is 1.67 bits per heavy atom. The fourth-order valence-corrected chi connectivity index (χ4v) is 4.52. The van der Waals surface area contributed by atoms with Gasteiger partial charge in [0.1, 0.15) is 17.1 Å². The van der Waals surface area contributed by atoms with Crippen LogP contribution >= 0.6 is 24.0 Å². The smallest absolute Gasteiger partial charge is 0.270 e. The summed E-state index contributed by atoms with van der Waals surface area (Å²) in [7, 11) is 3.03. The standard InChI is InChI=1S/C25H20N2O4S2/c1-30-17-12-13-20(21(15-17)31-2)27-24(29)19(23(28)26-25(27)32)14-16-8-6-7-11-22(16)33-18-9-4-3-5-10-18/h3-15H,1-2H3,(H,26,28,32)/b19-14-. The minimum Gasteiger partial charge on any atom is -0.497 e. The molecule has 1 heterocycles. The van der Waals surface area contributed by atoms with Crippen molar-refractivity contribution in [3.63, 3.8) is 0 Å².